The lowest BCUT2D eigenvalue weighted by Gasteiger charge is -2.18. The summed E-state index contributed by atoms with van der Waals surface area (Å²) in [7, 11) is 0. The van der Waals surface area contributed by atoms with Crippen LogP contribution >= 0.6 is 0 Å². The molecule has 0 saturated carbocycles. The minimum atomic E-state index is -4.43. The molecule has 1 aromatic carbocycles. The molecule has 0 spiro atoms. The molecule has 0 aliphatic heterocycles. The van der Waals surface area contributed by atoms with Crippen LogP contribution in [0.5, 0.6) is 0 Å². The standard InChI is InChI=1S/C15H21F3N2O/c1-9(2)6-11(8-19)14(21)20-13-7-12(15(16,17)18)5-4-10(13)3/h4-5,7,9,11H,6,8,19H2,1-3H3,(H,20,21). The molecule has 3 nitrogen and oxygen atoms in total. The van der Waals surface area contributed by atoms with Gasteiger partial charge in [-0.3, -0.25) is 4.79 Å². The summed E-state index contributed by atoms with van der Waals surface area (Å²) < 4.78 is 38.1. The van der Waals surface area contributed by atoms with Gasteiger partial charge >= 0.3 is 6.18 Å². The van der Waals surface area contributed by atoms with E-state index in [1.54, 1.807) is 6.92 Å². The highest BCUT2D eigenvalue weighted by molar-refractivity contribution is 5.93. The van der Waals surface area contributed by atoms with E-state index >= 15 is 0 Å². The van der Waals surface area contributed by atoms with Crippen LogP contribution in [0.15, 0.2) is 18.2 Å². The molecule has 1 unspecified atom stereocenters. The van der Waals surface area contributed by atoms with E-state index in [1.807, 2.05) is 13.8 Å². The number of anilines is 1. The van der Waals surface area contributed by atoms with E-state index in [9.17, 15) is 18.0 Å². The van der Waals surface area contributed by atoms with E-state index in [0.29, 0.717) is 12.0 Å². The molecule has 3 N–H and O–H groups in total. The van der Waals surface area contributed by atoms with Crippen LogP contribution in [0.25, 0.3) is 0 Å². The average molecular weight is 302 g/mol. The SMILES string of the molecule is Cc1ccc(C(F)(F)F)cc1NC(=O)C(CN)CC(C)C. The van der Waals surface area contributed by atoms with Crippen LogP contribution in [-0.2, 0) is 11.0 Å². The summed E-state index contributed by atoms with van der Waals surface area (Å²) in [6.07, 6.45) is -3.83. The normalized spacial score (nSPS) is 13.3. The van der Waals surface area contributed by atoms with Crippen molar-refractivity contribution >= 4 is 11.6 Å². The summed E-state index contributed by atoms with van der Waals surface area (Å²) in [6.45, 7) is 5.74. The van der Waals surface area contributed by atoms with Crippen molar-refractivity contribution < 1.29 is 18.0 Å². The van der Waals surface area contributed by atoms with E-state index < -0.39 is 17.7 Å². The second kappa shape index (κ2) is 6.93. The van der Waals surface area contributed by atoms with Gasteiger partial charge in [0.2, 0.25) is 5.91 Å². The predicted octanol–water partition coefficient (Wildman–Crippen LogP) is 3.57. The number of alkyl halides is 3. The van der Waals surface area contributed by atoms with Crippen LogP contribution < -0.4 is 11.1 Å². The zero-order valence-corrected chi connectivity index (χ0v) is 12.4. The number of nitrogens with two attached hydrogens (primary N) is 1. The number of rotatable bonds is 5. The fourth-order valence-electron chi connectivity index (χ4n) is 2.05. The zero-order chi connectivity index (χ0) is 16.2. The molecule has 1 atom stereocenters. The second-order valence-corrected chi connectivity index (χ2v) is 5.58. The van der Waals surface area contributed by atoms with Crippen molar-refractivity contribution in [3.63, 3.8) is 0 Å². The fraction of sp³-hybridized carbons (Fsp3) is 0.533. The topological polar surface area (TPSA) is 55.1 Å². The number of halogens is 3. The Morgan fingerprint density at radius 2 is 1.95 bits per heavy atom. The van der Waals surface area contributed by atoms with Crippen molar-refractivity contribution in [3.05, 3.63) is 29.3 Å². The lowest BCUT2D eigenvalue weighted by Crippen LogP contribution is -2.30. The van der Waals surface area contributed by atoms with Crippen molar-refractivity contribution in [2.45, 2.75) is 33.4 Å². The maximum atomic E-state index is 12.7. The maximum Gasteiger partial charge on any atom is 0.416 e. The maximum absolute atomic E-state index is 12.7. The molecule has 1 amide bonds. The lowest BCUT2D eigenvalue weighted by atomic mass is 9.96. The average Bonchev–Trinajstić information content (AvgIpc) is 2.36. The highest BCUT2D eigenvalue weighted by Gasteiger charge is 2.31. The third-order valence-corrected chi connectivity index (χ3v) is 3.23. The zero-order valence-electron chi connectivity index (χ0n) is 12.4. The van der Waals surface area contributed by atoms with E-state index in [1.165, 1.54) is 6.07 Å². The number of amides is 1. The second-order valence-electron chi connectivity index (χ2n) is 5.58. The minimum Gasteiger partial charge on any atom is -0.330 e. The summed E-state index contributed by atoms with van der Waals surface area (Å²) in [6, 6.07) is 3.30. The number of hydrogen-bond acceptors (Lipinski definition) is 2. The highest BCUT2D eigenvalue weighted by atomic mass is 19.4. The molecule has 0 saturated heterocycles. The van der Waals surface area contributed by atoms with Crippen molar-refractivity contribution in [3.8, 4) is 0 Å². The van der Waals surface area contributed by atoms with Crippen LogP contribution in [0.1, 0.15) is 31.4 Å². The Morgan fingerprint density at radius 3 is 2.43 bits per heavy atom. The first-order valence-electron chi connectivity index (χ1n) is 6.84. The number of carbonyl (C=O) groups is 1. The van der Waals surface area contributed by atoms with E-state index in [-0.39, 0.29) is 24.1 Å². The first kappa shape index (κ1) is 17.5. The monoisotopic (exact) mass is 302 g/mol. The molecule has 0 aliphatic carbocycles. The third kappa shape index (κ3) is 5.04. The molecule has 0 aromatic heterocycles. The first-order chi connectivity index (χ1) is 9.65. The molecule has 1 rings (SSSR count). The number of hydrogen-bond donors (Lipinski definition) is 2. The van der Waals surface area contributed by atoms with Gasteiger partial charge in [-0.1, -0.05) is 19.9 Å². The summed E-state index contributed by atoms with van der Waals surface area (Å²) in [5, 5.41) is 2.56. The van der Waals surface area contributed by atoms with Gasteiger partial charge in [-0.25, -0.2) is 0 Å². The predicted molar refractivity (Wildman–Crippen MR) is 76.8 cm³/mol. The van der Waals surface area contributed by atoms with E-state index in [4.69, 9.17) is 5.73 Å². The molecule has 21 heavy (non-hydrogen) atoms. The highest BCUT2D eigenvalue weighted by Crippen LogP contribution is 2.32. The van der Waals surface area contributed by atoms with E-state index in [2.05, 4.69) is 5.32 Å². The Hall–Kier alpha value is -1.56. The molecule has 1 aromatic rings. The van der Waals surface area contributed by atoms with Crippen LogP contribution in [0.4, 0.5) is 18.9 Å². The van der Waals surface area contributed by atoms with Gasteiger partial charge in [0.05, 0.1) is 11.5 Å². The molecular weight excluding hydrogens is 281 g/mol. The summed E-state index contributed by atoms with van der Waals surface area (Å²) in [5.41, 5.74) is 5.55. The summed E-state index contributed by atoms with van der Waals surface area (Å²) in [5.74, 6) is -0.459. The van der Waals surface area contributed by atoms with Crippen LogP contribution in [0.2, 0.25) is 0 Å². The van der Waals surface area contributed by atoms with Gasteiger partial charge in [0.15, 0.2) is 0 Å². The molecule has 0 aliphatic rings. The smallest absolute Gasteiger partial charge is 0.330 e. The molecule has 0 radical (unpaired) electrons. The van der Waals surface area contributed by atoms with Gasteiger partial charge in [0, 0.05) is 12.2 Å². The number of aryl methyl sites for hydroxylation is 1. The van der Waals surface area contributed by atoms with Crippen molar-refractivity contribution in [2.24, 2.45) is 17.6 Å². The van der Waals surface area contributed by atoms with Crippen molar-refractivity contribution in [1.82, 2.24) is 0 Å². The lowest BCUT2D eigenvalue weighted by molar-refractivity contribution is -0.137. The Kier molecular flexibility index (Phi) is 5.78. The quantitative estimate of drug-likeness (QED) is 0.873. The molecule has 6 heteroatoms. The Bertz CT molecular complexity index is 498. The summed E-state index contributed by atoms with van der Waals surface area (Å²) in [4.78, 5) is 12.1. The molecule has 0 bridgehead atoms. The van der Waals surface area contributed by atoms with Gasteiger partial charge in [-0.15, -0.1) is 0 Å². The number of carbonyl (C=O) groups excluding carboxylic acids is 1. The van der Waals surface area contributed by atoms with Gasteiger partial charge in [-0.2, -0.15) is 13.2 Å². The minimum absolute atomic E-state index is 0.169. The summed E-state index contributed by atoms with van der Waals surface area (Å²) >= 11 is 0. The molecule has 118 valence electrons. The number of nitrogens with one attached hydrogen (secondary N) is 1. The number of benzene rings is 1. The fourth-order valence-corrected chi connectivity index (χ4v) is 2.05. The van der Waals surface area contributed by atoms with Crippen LogP contribution in [0, 0.1) is 18.8 Å². The van der Waals surface area contributed by atoms with Gasteiger partial charge < -0.3 is 11.1 Å². The van der Waals surface area contributed by atoms with Crippen LogP contribution in [-0.4, -0.2) is 12.5 Å². The van der Waals surface area contributed by atoms with Gasteiger partial charge in [0.25, 0.3) is 0 Å². The third-order valence-electron chi connectivity index (χ3n) is 3.23. The Morgan fingerprint density at radius 1 is 1.33 bits per heavy atom. The van der Waals surface area contributed by atoms with Crippen LogP contribution in [0.3, 0.4) is 0 Å². The Labute approximate surface area is 122 Å². The first-order valence-corrected chi connectivity index (χ1v) is 6.84. The Balaban J connectivity index is 2.93. The molecule has 0 heterocycles. The molecular formula is C15H21F3N2O. The van der Waals surface area contributed by atoms with Crippen molar-refractivity contribution in [1.29, 1.82) is 0 Å². The largest absolute Gasteiger partial charge is 0.416 e. The van der Waals surface area contributed by atoms with Gasteiger partial charge in [-0.05, 0) is 37.0 Å². The van der Waals surface area contributed by atoms with Gasteiger partial charge in [0.1, 0.15) is 0 Å². The van der Waals surface area contributed by atoms with E-state index in [0.717, 1.165) is 12.1 Å². The molecule has 0 fully saturated rings. The van der Waals surface area contributed by atoms with Crippen molar-refractivity contribution in [2.75, 3.05) is 11.9 Å².